The molecular formula is C22H21N5O4. The number of carbonyl (C=O) groups excluding carboxylic acids is 3. The van der Waals surface area contributed by atoms with Crippen molar-refractivity contribution in [3.05, 3.63) is 54.7 Å². The molecule has 0 bridgehead atoms. The number of ether oxygens (including phenoxy) is 1. The predicted molar refractivity (Wildman–Crippen MR) is 116 cm³/mol. The molecule has 1 atom stereocenters. The summed E-state index contributed by atoms with van der Waals surface area (Å²) in [6.45, 7) is 1.42. The van der Waals surface area contributed by atoms with Crippen molar-refractivity contribution in [2.45, 2.75) is 19.4 Å². The van der Waals surface area contributed by atoms with Crippen LogP contribution in [0.2, 0.25) is 0 Å². The Balaban J connectivity index is 1.60. The maximum absolute atomic E-state index is 13.0. The van der Waals surface area contributed by atoms with Crippen molar-refractivity contribution in [1.82, 2.24) is 9.78 Å². The Bertz CT molecular complexity index is 1150. The summed E-state index contributed by atoms with van der Waals surface area (Å²) in [5.41, 5.74) is 2.60. The Hall–Kier alpha value is -4.14. The number of methoxy groups -OCH3 is 1. The fourth-order valence-corrected chi connectivity index (χ4v) is 3.50. The standard InChI is InChI=1S/C22H21N5O4/c1-13(28)24-14-7-9-15(10-8-14)25-22(30)18-11-20(29)26-21-17(12-23-27(18)21)16-5-3-4-6-19(16)31-2/h3-10,12,18H,11H2,1-2H3,(H,24,28)(H,25,30)(H,26,29)/t18-/m1/s1. The molecule has 1 aliphatic rings. The average Bonchev–Trinajstić information content (AvgIpc) is 3.17. The van der Waals surface area contributed by atoms with E-state index in [1.54, 1.807) is 37.6 Å². The first-order valence-electron chi connectivity index (χ1n) is 9.65. The van der Waals surface area contributed by atoms with E-state index in [0.717, 1.165) is 5.56 Å². The number of aromatic nitrogens is 2. The Morgan fingerprint density at radius 2 is 1.74 bits per heavy atom. The Morgan fingerprint density at radius 1 is 1.06 bits per heavy atom. The second kappa shape index (κ2) is 8.31. The lowest BCUT2D eigenvalue weighted by Gasteiger charge is -2.24. The molecular weight excluding hydrogens is 398 g/mol. The van der Waals surface area contributed by atoms with E-state index in [9.17, 15) is 14.4 Å². The molecule has 1 aliphatic heterocycles. The number of amides is 3. The fraction of sp³-hybridized carbons (Fsp3) is 0.182. The molecule has 9 nitrogen and oxygen atoms in total. The number of anilines is 3. The second-order valence-electron chi connectivity index (χ2n) is 7.07. The summed E-state index contributed by atoms with van der Waals surface area (Å²) >= 11 is 0. The largest absolute Gasteiger partial charge is 0.496 e. The van der Waals surface area contributed by atoms with Gasteiger partial charge < -0.3 is 20.7 Å². The SMILES string of the molecule is COc1ccccc1-c1cnn2c1NC(=O)C[C@@H]2C(=O)Nc1ccc(NC(C)=O)cc1. The van der Waals surface area contributed by atoms with E-state index in [1.807, 2.05) is 24.3 Å². The molecule has 1 aromatic heterocycles. The Morgan fingerprint density at radius 3 is 2.42 bits per heavy atom. The number of nitrogens with one attached hydrogen (secondary N) is 3. The molecule has 158 valence electrons. The average molecular weight is 419 g/mol. The molecule has 0 aliphatic carbocycles. The zero-order valence-electron chi connectivity index (χ0n) is 17.0. The van der Waals surface area contributed by atoms with Crippen molar-refractivity contribution >= 4 is 34.9 Å². The van der Waals surface area contributed by atoms with Crippen LogP contribution in [0.25, 0.3) is 11.1 Å². The lowest BCUT2D eigenvalue weighted by Crippen LogP contribution is -2.35. The highest BCUT2D eigenvalue weighted by molar-refractivity contribution is 6.03. The summed E-state index contributed by atoms with van der Waals surface area (Å²) in [7, 11) is 1.57. The monoisotopic (exact) mass is 419 g/mol. The summed E-state index contributed by atoms with van der Waals surface area (Å²) in [6, 6.07) is 13.3. The first kappa shape index (κ1) is 20.1. The van der Waals surface area contributed by atoms with Crippen LogP contribution in [0.3, 0.4) is 0 Å². The van der Waals surface area contributed by atoms with Gasteiger partial charge in [-0.25, -0.2) is 4.68 Å². The van der Waals surface area contributed by atoms with Crippen molar-refractivity contribution in [3.8, 4) is 16.9 Å². The van der Waals surface area contributed by atoms with Crippen molar-refractivity contribution in [1.29, 1.82) is 0 Å². The van der Waals surface area contributed by atoms with Crippen molar-refractivity contribution in [3.63, 3.8) is 0 Å². The topological polar surface area (TPSA) is 114 Å². The highest BCUT2D eigenvalue weighted by Gasteiger charge is 2.33. The van der Waals surface area contributed by atoms with Gasteiger partial charge in [-0.3, -0.25) is 14.4 Å². The Kier molecular flexibility index (Phi) is 5.40. The first-order valence-corrected chi connectivity index (χ1v) is 9.65. The number of hydrogen-bond donors (Lipinski definition) is 3. The molecule has 0 spiro atoms. The second-order valence-corrected chi connectivity index (χ2v) is 7.07. The van der Waals surface area contributed by atoms with E-state index in [1.165, 1.54) is 11.6 Å². The third-order valence-electron chi connectivity index (χ3n) is 4.90. The predicted octanol–water partition coefficient (Wildman–Crippen LogP) is 3.04. The van der Waals surface area contributed by atoms with Crippen LogP contribution in [0.4, 0.5) is 17.2 Å². The van der Waals surface area contributed by atoms with Crippen LogP contribution < -0.4 is 20.7 Å². The zero-order valence-corrected chi connectivity index (χ0v) is 17.0. The number of nitrogens with zero attached hydrogens (tertiary/aromatic N) is 2. The quantitative estimate of drug-likeness (QED) is 0.588. The van der Waals surface area contributed by atoms with E-state index < -0.39 is 6.04 Å². The molecule has 0 radical (unpaired) electrons. The van der Waals surface area contributed by atoms with Gasteiger partial charge in [0.2, 0.25) is 17.7 Å². The van der Waals surface area contributed by atoms with Gasteiger partial charge in [0.1, 0.15) is 17.6 Å². The number of para-hydroxylation sites is 1. The molecule has 0 fully saturated rings. The van der Waals surface area contributed by atoms with E-state index >= 15 is 0 Å². The van der Waals surface area contributed by atoms with E-state index in [-0.39, 0.29) is 24.1 Å². The highest BCUT2D eigenvalue weighted by atomic mass is 16.5. The summed E-state index contributed by atoms with van der Waals surface area (Å²) in [5, 5.41) is 12.7. The molecule has 4 rings (SSSR count). The van der Waals surface area contributed by atoms with Gasteiger partial charge in [-0.15, -0.1) is 0 Å². The third-order valence-corrected chi connectivity index (χ3v) is 4.90. The molecule has 0 saturated carbocycles. The minimum absolute atomic E-state index is 0.0319. The number of carbonyl (C=O) groups is 3. The van der Waals surface area contributed by atoms with Crippen LogP contribution in [-0.2, 0) is 14.4 Å². The summed E-state index contributed by atoms with van der Waals surface area (Å²) < 4.78 is 6.94. The molecule has 0 unspecified atom stereocenters. The highest BCUT2D eigenvalue weighted by Crippen LogP contribution is 2.38. The van der Waals surface area contributed by atoms with E-state index in [2.05, 4.69) is 21.0 Å². The van der Waals surface area contributed by atoms with Gasteiger partial charge >= 0.3 is 0 Å². The number of fused-ring (bicyclic) bond motifs is 1. The molecule has 3 N–H and O–H groups in total. The minimum Gasteiger partial charge on any atom is -0.496 e. The van der Waals surface area contributed by atoms with Crippen LogP contribution in [0.1, 0.15) is 19.4 Å². The van der Waals surface area contributed by atoms with Crippen molar-refractivity contribution in [2.24, 2.45) is 0 Å². The number of hydrogen-bond acceptors (Lipinski definition) is 5. The molecule has 2 aromatic carbocycles. The molecule has 31 heavy (non-hydrogen) atoms. The maximum Gasteiger partial charge on any atom is 0.249 e. The molecule has 0 saturated heterocycles. The van der Waals surface area contributed by atoms with Crippen LogP contribution in [0.5, 0.6) is 5.75 Å². The minimum atomic E-state index is -0.803. The van der Waals surface area contributed by atoms with Gasteiger partial charge in [0.05, 0.1) is 19.7 Å². The van der Waals surface area contributed by atoms with Gasteiger partial charge in [0, 0.05) is 29.4 Å². The lowest BCUT2D eigenvalue weighted by molar-refractivity contribution is -0.125. The van der Waals surface area contributed by atoms with Gasteiger partial charge in [-0.2, -0.15) is 5.10 Å². The maximum atomic E-state index is 13.0. The van der Waals surface area contributed by atoms with Gasteiger partial charge in [0.25, 0.3) is 0 Å². The van der Waals surface area contributed by atoms with Crippen molar-refractivity contribution < 1.29 is 19.1 Å². The van der Waals surface area contributed by atoms with Gasteiger partial charge in [-0.05, 0) is 30.3 Å². The van der Waals surface area contributed by atoms with Crippen LogP contribution in [0, 0.1) is 0 Å². The van der Waals surface area contributed by atoms with Gasteiger partial charge in [-0.1, -0.05) is 18.2 Å². The smallest absolute Gasteiger partial charge is 0.249 e. The summed E-state index contributed by atoms with van der Waals surface area (Å²) in [4.78, 5) is 36.5. The summed E-state index contributed by atoms with van der Waals surface area (Å²) in [5.74, 6) is 0.269. The van der Waals surface area contributed by atoms with E-state index in [4.69, 9.17) is 4.74 Å². The molecule has 9 heteroatoms. The number of rotatable bonds is 5. The third kappa shape index (κ3) is 4.11. The van der Waals surface area contributed by atoms with Crippen LogP contribution in [0.15, 0.2) is 54.7 Å². The lowest BCUT2D eigenvalue weighted by atomic mass is 10.1. The van der Waals surface area contributed by atoms with Crippen LogP contribution >= 0.6 is 0 Å². The molecule has 3 aromatic rings. The summed E-state index contributed by atoms with van der Waals surface area (Å²) in [6.07, 6.45) is 1.58. The van der Waals surface area contributed by atoms with Gasteiger partial charge in [0.15, 0.2) is 0 Å². The van der Waals surface area contributed by atoms with E-state index in [0.29, 0.717) is 28.5 Å². The molecule has 2 heterocycles. The normalized spacial score (nSPS) is 14.9. The first-order chi connectivity index (χ1) is 15.0. The zero-order chi connectivity index (χ0) is 22.0. The number of benzene rings is 2. The fourth-order valence-electron chi connectivity index (χ4n) is 3.50. The molecule has 3 amide bonds. The Labute approximate surface area is 178 Å². The van der Waals surface area contributed by atoms with Crippen molar-refractivity contribution in [2.75, 3.05) is 23.1 Å². The van der Waals surface area contributed by atoms with Crippen LogP contribution in [-0.4, -0.2) is 34.6 Å².